The first-order valence-corrected chi connectivity index (χ1v) is 4.62. The minimum Gasteiger partial charge on any atom is -0.469 e. The largest absolute Gasteiger partial charge is 0.469 e. The molecule has 0 spiro atoms. The Morgan fingerprint density at radius 3 is 2.40 bits per heavy atom. The van der Waals surface area contributed by atoms with E-state index in [9.17, 15) is 14.7 Å². The molecule has 0 saturated heterocycles. The maximum Gasteiger partial charge on any atom is 0.313 e. The van der Waals surface area contributed by atoms with Gasteiger partial charge < -0.3 is 14.6 Å². The zero-order valence-electron chi connectivity index (χ0n) is 8.67. The van der Waals surface area contributed by atoms with Gasteiger partial charge in [-0.25, -0.2) is 0 Å². The van der Waals surface area contributed by atoms with Crippen LogP contribution < -0.4 is 0 Å². The van der Waals surface area contributed by atoms with Crippen LogP contribution in [-0.2, 0) is 19.1 Å². The van der Waals surface area contributed by atoms with Gasteiger partial charge in [0.2, 0.25) is 0 Å². The Morgan fingerprint density at radius 2 is 1.87 bits per heavy atom. The van der Waals surface area contributed by atoms with Gasteiger partial charge in [0.1, 0.15) is 0 Å². The van der Waals surface area contributed by atoms with Gasteiger partial charge in [-0.15, -0.1) is 0 Å². The number of aliphatic hydroxyl groups excluding tert-OH is 1. The predicted molar refractivity (Wildman–Crippen MR) is 50.8 cm³/mol. The molecule has 84 valence electrons. The van der Waals surface area contributed by atoms with Crippen molar-refractivity contribution in [3.63, 3.8) is 0 Å². The molecule has 3 atom stereocenters. The Kier molecular flexibility index (Phi) is 3.85. The first-order chi connectivity index (χ1) is 7.11. The molecule has 1 N–H and O–H groups in total. The summed E-state index contributed by atoms with van der Waals surface area (Å²) in [7, 11) is 2.47. The lowest BCUT2D eigenvalue weighted by Crippen LogP contribution is -2.40. The van der Waals surface area contributed by atoms with Crippen LogP contribution in [-0.4, -0.2) is 37.4 Å². The van der Waals surface area contributed by atoms with E-state index in [0.29, 0.717) is 6.42 Å². The van der Waals surface area contributed by atoms with Crippen molar-refractivity contribution in [2.24, 2.45) is 11.8 Å². The average molecular weight is 214 g/mol. The molecular weight excluding hydrogens is 200 g/mol. The molecule has 0 fully saturated rings. The summed E-state index contributed by atoms with van der Waals surface area (Å²) in [6, 6.07) is 0. The van der Waals surface area contributed by atoms with Crippen LogP contribution in [0.2, 0.25) is 0 Å². The molecule has 0 radical (unpaired) electrons. The molecule has 0 saturated carbocycles. The molecule has 0 aromatic rings. The molecule has 0 bridgehead atoms. The summed E-state index contributed by atoms with van der Waals surface area (Å²) in [5.74, 6) is -2.76. The van der Waals surface area contributed by atoms with Crippen molar-refractivity contribution in [2.45, 2.75) is 12.5 Å². The molecular formula is C10H14O5. The Balaban J connectivity index is 2.90. The molecule has 5 heteroatoms. The molecule has 0 aromatic carbocycles. The second-order valence-electron chi connectivity index (χ2n) is 3.33. The second-order valence-corrected chi connectivity index (χ2v) is 3.33. The highest BCUT2D eigenvalue weighted by atomic mass is 16.5. The second kappa shape index (κ2) is 4.93. The van der Waals surface area contributed by atoms with Gasteiger partial charge in [-0.2, -0.15) is 0 Å². The van der Waals surface area contributed by atoms with Crippen molar-refractivity contribution < 1.29 is 24.2 Å². The van der Waals surface area contributed by atoms with E-state index in [1.165, 1.54) is 14.2 Å². The van der Waals surface area contributed by atoms with E-state index in [0.717, 1.165) is 0 Å². The lowest BCUT2D eigenvalue weighted by molar-refractivity contribution is -0.160. The highest BCUT2D eigenvalue weighted by Gasteiger charge is 2.40. The zero-order valence-corrected chi connectivity index (χ0v) is 8.67. The normalized spacial score (nSPS) is 29.7. The maximum atomic E-state index is 11.4. The molecule has 15 heavy (non-hydrogen) atoms. The summed E-state index contributed by atoms with van der Waals surface area (Å²) in [6.45, 7) is 0. The third kappa shape index (κ3) is 2.36. The van der Waals surface area contributed by atoms with Crippen LogP contribution in [0.5, 0.6) is 0 Å². The summed E-state index contributed by atoms with van der Waals surface area (Å²) < 4.78 is 9.10. The average Bonchev–Trinajstić information content (AvgIpc) is 2.26. The number of methoxy groups -OCH3 is 2. The van der Waals surface area contributed by atoms with Crippen molar-refractivity contribution in [2.75, 3.05) is 14.2 Å². The topological polar surface area (TPSA) is 72.8 Å². The highest BCUT2D eigenvalue weighted by molar-refractivity contribution is 5.84. The fourth-order valence-corrected chi connectivity index (χ4v) is 1.67. The standard InChI is InChI=1S/C10H14O5/c1-14-9(12)6-4-3-5-7(11)8(6)10(13)15-2/h3-4,6-8,11H,5H2,1-2H3/t6-,7-,8-/m1/s1. The SMILES string of the molecule is COC(=O)[C@H]1[C@H](O)CC=C[C@H]1C(=O)OC. The van der Waals surface area contributed by atoms with Crippen molar-refractivity contribution in [3.8, 4) is 0 Å². The van der Waals surface area contributed by atoms with E-state index >= 15 is 0 Å². The van der Waals surface area contributed by atoms with Gasteiger partial charge >= 0.3 is 11.9 Å². The minimum atomic E-state index is -0.897. The van der Waals surface area contributed by atoms with E-state index in [-0.39, 0.29) is 0 Å². The first kappa shape index (κ1) is 11.7. The lowest BCUT2D eigenvalue weighted by Gasteiger charge is -2.27. The summed E-state index contributed by atoms with van der Waals surface area (Å²) in [6.07, 6.45) is 2.67. The van der Waals surface area contributed by atoms with Gasteiger partial charge in [0, 0.05) is 0 Å². The molecule has 0 amide bonds. The van der Waals surface area contributed by atoms with Crippen LogP contribution in [0.3, 0.4) is 0 Å². The smallest absolute Gasteiger partial charge is 0.313 e. The quantitative estimate of drug-likeness (QED) is 0.512. The number of hydrogen-bond donors (Lipinski definition) is 1. The van der Waals surface area contributed by atoms with Crippen LogP contribution in [0.25, 0.3) is 0 Å². The molecule has 0 unspecified atom stereocenters. The number of ether oxygens (including phenoxy) is 2. The Hall–Kier alpha value is -1.36. The minimum absolute atomic E-state index is 0.341. The van der Waals surface area contributed by atoms with E-state index in [1.54, 1.807) is 12.2 Å². The number of carbonyl (C=O) groups is 2. The van der Waals surface area contributed by atoms with Crippen LogP contribution in [0, 0.1) is 11.8 Å². The van der Waals surface area contributed by atoms with E-state index < -0.39 is 29.9 Å². The molecule has 1 rings (SSSR count). The van der Waals surface area contributed by atoms with E-state index in [1.807, 2.05) is 0 Å². The van der Waals surface area contributed by atoms with Crippen LogP contribution in [0.1, 0.15) is 6.42 Å². The van der Waals surface area contributed by atoms with Crippen molar-refractivity contribution in [1.29, 1.82) is 0 Å². The lowest BCUT2D eigenvalue weighted by atomic mass is 9.82. The summed E-state index contributed by atoms with van der Waals surface area (Å²) in [5.41, 5.74) is 0. The molecule has 0 aliphatic heterocycles. The Morgan fingerprint density at radius 1 is 1.27 bits per heavy atom. The molecule has 1 aliphatic carbocycles. The zero-order chi connectivity index (χ0) is 11.4. The van der Waals surface area contributed by atoms with E-state index in [4.69, 9.17) is 0 Å². The molecule has 1 aliphatic rings. The van der Waals surface area contributed by atoms with Gasteiger partial charge in [-0.3, -0.25) is 9.59 Å². The van der Waals surface area contributed by atoms with Crippen molar-refractivity contribution in [3.05, 3.63) is 12.2 Å². The van der Waals surface area contributed by atoms with Gasteiger partial charge in [-0.1, -0.05) is 12.2 Å². The van der Waals surface area contributed by atoms with Crippen molar-refractivity contribution in [1.82, 2.24) is 0 Å². The number of esters is 2. The molecule has 0 aromatic heterocycles. The fraction of sp³-hybridized carbons (Fsp3) is 0.600. The number of carbonyl (C=O) groups excluding carboxylic acids is 2. The maximum absolute atomic E-state index is 11.4. The van der Waals surface area contributed by atoms with Crippen LogP contribution in [0.15, 0.2) is 12.2 Å². The fourth-order valence-electron chi connectivity index (χ4n) is 1.67. The summed E-state index contributed by atoms with van der Waals surface area (Å²) >= 11 is 0. The predicted octanol–water partition coefficient (Wildman–Crippen LogP) is -0.114. The Bertz CT molecular complexity index is 284. The number of rotatable bonds is 2. The van der Waals surface area contributed by atoms with Crippen molar-refractivity contribution >= 4 is 11.9 Å². The van der Waals surface area contributed by atoms with Gasteiger partial charge in [-0.05, 0) is 6.42 Å². The van der Waals surface area contributed by atoms with Gasteiger partial charge in [0.05, 0.1) is 32.2 Å². The number of aliphatic hydroxyl groups is 1. The molecule has 5 nitrogen and oxygen atoms in total. The first-order valence-electron chi connectivity index (χ1n) is 4.62. The van der Waals surface area contributed by atoms with E-state index in [2.05, 4.69) is 9.47 Å². The highest BCUT2D eigenvalue weighted by Crippen LogP contribution is 2.27. The third-order valence-corrected chi connectivity index (χ3v) is 2.47. The Labute approximate surface area is 87.7 Å². The third-order valence-electron chi connectivity index (χ3n) is 2.47. The summed E-state index contributed by atoms with van der Waals surface area (Å²) in [4.78, 5) is 22.7. The molecule has 0 heterocycles. The monoisotopic (exact) mass is 214 g/mol. The van der Waals surface area contributed by atoms with Gasteiger partial charge in [0.15, 0.2) is 0 Å². The van der Waals surface area contributed by atoms with Crippen LogP contribution >= 0.6 is 0 Å². The number of hydrogen-bond acceptors (Lipinski definition) is 5. The summed E-state index contributed by atoms with van der Waals surface area (Å²) in [5, 5.41) is 9.63. The van der Waals surface area contributed by atoms with Crippen LogP contribution in [0.4, 0.5) is 0 Å². The van der Waals surface area contributed by atoms with Gasteiger partial charge in [0.25, 0.3) is 0 Å².